The van der Waals surface area contributed by atoms with Gasteiger partial charge in [0, 0.05) is 6.54 Å². The lowest BCUT2D eigenvalue weighted by molar-refractivity contribution is -0.126. The lowest BCUT2D eigenvalue weighted by atomic mass is 9.88. The van der Waals surface area contributed by atoms with E-state index in [1.165, 1.54) is 0 Å². The number of rotatable bonds is 1. The topological polar surface area (TPSA) is 32.3 Å². The maximum absolute atomic E-state index is 12.8. The molecule has 0 radical (unpaired) electrons. The van der Waals surface area contributed by atoms with Crippen LogP contribution < -0.4 is 10.2 Å². The quantitative estimate of drug-likeness (QED) is 0.842. The van der Waals surface area contributed by atoms with Crippen LogP contribution in [0.2, 0.25) is 0 Å². The number of benzene rings is 1. The highest BCUT2D eigenvalue weighted by molar-refractivity contribution is 6.02. The van der Waals surface area contributed by atoms with Crippen LogP contribution in [0.15, 0.2) is 18.2 Å². The first kappa shape index (κ1) is 14.1. The SMILES string of the molecule is Cc1cccc(C)c1N1C(=O)C(C)(C)NCC1(C)C. The molecule has 104 valence electrons. The molecule has 1 aromatic carbocycles. The Labute approximate surface area is 116 Å². The summed E-state index contributed by atoms with van der Waals surface area (Å²) in [5, 5.41) is 3.35. The van der Waals surface area contributed by atoms with E-state index >= 15 is 0 Å². The maximum atomic E-state index is 12.8. The van der Waals surface area contributed by atoms with Crippen LogP contribution in [0.5, 0.6) is 0 Å². The molecule has 1 aliphatic heterocycles. The van der Waals surface area contributed by atoms with Crippen LogP contribution in [-0.4, -0.2) is 23.5 Å². The predicted molar refractivity (Wildman–Crippen MR) is 79.6 cm³/mol. The second kappa shape index (κ2) is 4.34. The number of piperazine rings is 1. The highest BCUT2D eigenvalue weighted by Crippen LogP contribution is 2.35. The second-order valence-corrected chi connectivity index (χ2v) is 6.67. The van der Waals surface area contributed by atoms with Crippen molar-refractivity contribution in [1.29, 1.82) is 0 Å². The average molecular weight is 260 g/mol. The summed E-state index contributed by atoms with van der Waals surface area (Å²) < 4.78 is 0. The van der Waals surface area contributed by atoms with Crippen LogP contribution in [0.4, 0.5) is 5.69 Å². The van der Waals surface area contributed by atoms with Gasteiger partial charge in [-0.3, -0.25) is 4.79 Å². The molecule has 1 saturated heterocycles. The van der Waals surface area contributed by atoms with E-state index in [1.54, 1.807) is 0 Å². The first-order valence-corrected chi connectivity index (χ1v) is 6.83. The third-order valence-electron chi connectivity index (χ3n) is 3.97. The van der Waals surface area contributed by atoms with Gasteiger partial charge in [0.25, 0.3) is 0 Å². The number of anilines is 1. The standard InChI is InChI=1S/C16H24N2O/c1-11-8-7-9-12(2)13(11)18-14(19)16(5,6)17-10-15(18,3)4/h7-9,17H,10H2,1-6H3. The Morgan fingerprint density at radius 2 is 1.63 bits per heavy atom. The summed E-state index contributed by atoms with van der Waals surface area (Å²) in [4.78, 5) is 14.8. The van der Waals surface area contributed by atoms with Gasteiger partial charge in [-0.15, -0.1) is 0 Å². The minimum absolute atomic E-state index is 0.140. The van der Waals surface area contributed by atoms with Gasteiger partial charge in [-0.05, 0) is 52.7 Å². The summed E-state index contributed by atoms with van der Waals surface area (Å²) in [6.45, 7) is 13.1. The molecule has 0 unspecified atom stereocenters. The zero-order valence-electron chi connectivity index (χ0n) is 12.8. The molecule has 1 amide bonds. The maximum Gasteiger partial charge on any atom is 0.247 e. The summed E-state index contributed by atoms with van der Waals surface area (Å²) in [6.07, 6.45) is 0. The molecule has 2 rings (SSSR count). The minimum atomic E-state index is -0.510. The van der Waals surface area contributed by atoms with E-state index in [9.17, 15) is 4.79 Å². The van der Waals surface area contributed by atoms with E-state index < -0.39 is 5.54 Å². The van der Waals surface area contributed by atoms with Crippen molar-refractivity contribution in [2.75, 3.05) is 11.4 Å². The van der Waals surface area contributed by atoms with Crippen LogP contribution >= 0.6 is 0 Å². The van der Waals surface area contributed by atoms with Crippen molar-refractivity contribution in [3.8, 4) is 0 Å². The van der Waals surface area contributed by atoms with E-state index in [4.69, 9.17) is 0 Å². The number of hydrogen-bond acceptors (Lipinski definition) is 2. The molecule has 3 heteroatoms. The van der Waals surface area contributed by atoms with E-state index in [0.717, 1.165) is 23.4 Å². The zero-order valence-corrected chi connectivity index (χ0v) is 12.8. The molecule has 0 spiro atoms. The van der Waals surface area contributed by atoms with Gasteiger partial charge in [-0.2, -0.15) is 0 Å². The van der Waals surface area contributed by atoms with Crippen molar-refractivity contribution in [1.82, 2.24) is 5.32 Å². The predicted octanol–water partition coefficient (Wildman–Crippen LogP) is 2.80. The van der Waals surface area contributed by atoms with Crippen molar-refractivity contribution in [3.63, 3.8) is 0 Å². The Morgan fingerprint density at radius 1 is 1.11 bits per heavy atom. The molecule has 1 aliphatic rings. The van der Waals surface area contributed by atoms with Gasteiger partial charge in [0.2, 0.25) is 5.91 Å². The fraction of sp³-hybridized carbons (Fsp3) is 0.562. The highest BCUT2D eigenvalue weighted by atomic mass is 16.2. The van der Waals surface area contributed by atoms with Crippen LogP contribution in [0.25, 0.3) is 0 Å². The van der Waals surface area contributed by atoms with E-state index in [2.05, 4.69) is 45.1 Å². The molecule has 0 aromatic heterocycles. The van der Waals surface area contributed by atoms with Crippen LogP contribution in [0, 0.1) is 13.8 Å². The van der Waals surface area contributed by atoms with E-state index in [1.807, 2.05) is 24.8 Å². The monoisotopic (exact) mass is 260 g/mol. The van der Waals surface area contributed by atoms with Crippen molar-refractivity contribution in [3.05, 3.63) is 29.3 Å². The second-order valence-electron chi connectivity index (χ2n) is 6.67. The Balaban J connectivity index is 2.59. The summed E-state index contributed by atoms with van der Waals surface area (Å²) in [5.41, 5.74) is 2.64. The summed E-state index contributed by atoms with van der Waals surface area (Å²) in [6, 6.07) is 6.18. The Hall–Kier alpha value is -1.35. The number of amides is 1. The molecule has 0 aliphatic carbocycles. The molecule has 1 N–H and O–H groups in total. The first-order chi connectivity index (χ1) is 8.67. The van der Waals surface area contributed by atoms with Gasteiger partial charge < -0.3 is 10.2 Å². The lowest BCUT2D eigenvalue weighted by Gasteiger charge is -2.49. The van der Waals surface area contributed by atoms with Crippen molar-refractivity contribution >= 4 is 11.6 Å². The Morgan fingerprint density at radius 3 is 2.16 bits per heavy atom. The average Bonchev–Trinajstić information content (AvgIpc) is 2.29. The largest absolute Gasteiger partial charge is 0.303 e. The van der Waals surface area contributed by atoms with E-state index in [-0.39, 0.29) is 11.4 Å². The number of para-hydroxylation sites is 1. The Kier molecular flexibility index (Phi) is 3.21. The summed E-state index contributed by atoms with van der Waals surface area (Å²) >= 11 is 0. The van der Waals surface area contributed by atoms with Crippen LogP contribution in [0.3, 0.4) is 0 Å². The minimum Gasteiger partial charge on any atom is -0.303 e. The Bertz CT molecular complexity index is 497. The van der Waals surface area contributed by atoms with Gasteiger partial charge >= 0.3 is 0 Å². The van der Waals surface area contributed by atoms with Crippen molar-refractivity contribution in [2.24, 2.45) is 0 Å². The third kappa shape index (κ3) is 2.27. The molecular weight excluding hydrogens is 236 g/mol. The number of aryl methyl sites for hydroxylation is 2. The van der Waals surface area contributed by atoms with Gasteiger partial charge in [-0.25, -0.2) is 0 Å². The van der Waals surface area contributed by atoms with Crippen molar-refractivity contribution in [2.45, 2.75) is 52.6 Å². The van der Waals surface area contributed by atoms with Gasteiger partial charge in [0.05, 0.1) is 16.8 Å². The molecule has 0 saturated carbocycles. The van der Waals surface area contributed by atoms with Gasteiger partial charge in [-0.1, -0.05) is 18.2 Å². The smallest absolute Gasteiger partial charge is 0.247 e. The van der Waals surface area contributed by atoms with E-state index in [0.29, 0.717) is 0 Å². The molecule has 1 aromatic rings. The molecular formula is C16H24N2O. The first-order valence-electron chi connectivity index (χ1n) is 6.83. The molecule has 19 heavy (non-hydrogen) atoms. The van der Waals surface area contributed by atoms with Crippen LogP contribution in [0.1, 0.15) is 38.8 Å². The molecule has 0 bridgehead atoms. The lowest BCUT2D eigenvalue weighted by Crippen LogP contribution is -2.70. The fourth-order valence-corrected chi connectivity index (χ4v) is 2.71. The number of carbonyl (C=O) groups is 1. The zero-order chi connectivity index (χ0) is 14.4. The third-order valence-corrected chi connectivity index (χ3v) is 3.97. The van der Waals surface area contributed by atoms with Gasteiger partial charge in [0.1, 0.15) is 0 Å². The fourth-order valence-electron chi connectivity index (χ4n) is 2.71. The highest BCUT2D eigenvalue weighted by Gasteiger charge is 2.45. The number of hydrogen-bond donors (Lipinski definition) is 1. The van der Waals surface area contributed by atoms with Crippen molar-refractivity contribution < 1.29 is 4.79 Å². The number of carbonyl (C=O) groups excluding carboxylic acids is 1. The van der Waals surface area contributed by atoms with Crippen LogP contribution in [-0.2, 0) is 4.79 Å². The summed E-state index contributed by atoms with van der Waals surface area (Å²) in [5.74, 6) is 0.140. The number of nitrogens with zero attached hydrogens (tertiary/aromatic N) is 1. The molecule has 0 atom stereocenters. The molecule has 3 nitrogen and oxygen atoms in total. The molecule has 1 heterocycles. The molecule has 1 fully saturated rings. The number of nitrogens with one attached hydrogen (secondary N) is 1. The van der Waals surface area contributed by atoms with Gasteiger partial charge in [0.15, 0.2) is 0 Å². The normalized spacial score (nSPS) is 21.6. The summed E-state index contributed by atoms with van der Waals surface area (Å²) in [7, 11) is 0.